The summed E-state index contributed by atoms with van der Waals surface area (Å²) in [6.45, 7) is 17.8. The molecule has 2 fully saturated rings. The highest BCUT2D eigenvalue weighted by Gasteiger charge is 2.53. The molecule has 222 valence electrons. The first-order valence-electron chi connectivity index (χ1n) is 15.8. The number of aliphatic imine (C=N–C) groups is 1. The molecule has 1 amide bonds. The predicted molar refractivity (Wildman–Crippen MR) is 162 cm³/mol. The lowest BCUT2D eigenvalue weighted by Crippen LogP contribution is -2.52. The second-order valence-electron chi connectivity index (χ2n) is 15.0. The number of likely N-dealkylation sites (tertiary alicyclic amines) is 1. The highest BCUT2D eigenvalue weighted by atomic mass is 16.4. The Hall–Kier alpha value is -2.37. The van der Waals surface area contributed by atoms with Gasteiger partial charge in [-0.25, -0.2) is 9.79 Å². The zero-order valence-corrected chi connectivity index (χ0v) is 26.1. The maximum atomic E-state index is 14.5. The van der Waals surface area contributed by atoms with Crippen LogP contribution < -0.4 is 0 Å². The topological polar surface area (TPSA) is 73.2 Å². The lowest BCUT2D eigenvalue weighted by atomic mass is 9.69. The summed E-state index contributed by atoms with van der Waals surface area (Å²) in [5.74, 6) is 1.18. The van der Waals surface area contributed by atoms with Crippen LogP contribution in [0.4, 0.5) is 0 Å². The summed E-state index contributed by atoms with van der Waals surface area (Å²) in [5, 5.41) is 9.51. The first kappa shape index (κ1) is 30.6. The van der Waals surface area contributed by atoms with Gasteiger partial charge in [-0.3, -0.25) is 4.79 Å². The van der Waals surface area contributed by atoms with Gasteiger partial charge in [-0.2, -0.15) is 0 Å². The number of hydrogen-bond acceptors (Lipinski definition) is 4. The van der Waals surface area contributed by atoms with Crippen LogP contribution in [0.15, 0.2) is 29.3 Å². The molecule has 1 aliphatic carbocycles. The van der Waals surface area contributed by atoms with Crippen molar-refractivity contribution in [3.63, 3.8) is 0 Å². The molecule has 0 bridgehead atoms. The smallest absolute Gasteiger partial charge is 0.335 e. The van der Waals surface area contributed by atoms with Crippen molar-refractivity contribution in [3.05, 3.63) is 35.4 Å². The van der Waals surface area contributed by atoms with E-state index in [4.69, 9.17) is 4.99 Å². The second-order valence-corrected chi connectivity index (χ2v) is 15.0. The highest BCUT2D eigenvalue weighted by Crippen LogP contribution is 2.50. The molecule has 2 heterocycles. The Morgan fingerprint density at radius 3 is 2.12 bits per heavy atom. The zero-order chi connectivity index (χ0) is 29.3. The van der Waals surface area contributed by atoms with Crippen molar-refractivity contribution < 1.29 is 14.7 Å². The normalized spacial score (nSPS) is 25.4. The number of carbonyl (C=O) groups excluding carboxylic acids is 1. The average molecular weight is 552 g/mol. The van der Waals surface area contributed by atoms with Gasteiger partial charge in [0.05, 0.1) is 11.6 Å². The molecule has 1 spiro atoms. The van der Waals surface area contributed by atoms with E-state index < -0.39 is 11.6 Å². The fraction of sp³-hybridized carbons (Fsp3) is 0.735. The van der Waals surface area contributed by atoms with Crippen molar-refractivity contribution in [3.8, 4) is 0 Å². The minimum absolute atomic E-state index is 0.0735. The molecule has 4 rings (SSSR count). The number of carboxylic acids is 1. The van der Waals surface area contributed by atoms with Gasteiger partial charge in [0.15, 0.2) is 5.84 Å². The van der Waals surface area contributed by atoms with E-state index in [1.165, 1.54) is 12.8 Å². The van der Waals surface area contributed by atoms with Crippen LogP contribution >= 0.6 is 0 Å². The molecule has 0 aromatic heterocycles. The van der Waals surface area contributed by atoms with Gasteiger partial charge in [0.2, 0.25) is 0 Å². The van der Waals surface area contributed by atoms with Crippen molar-refractivity contribution in [2.75, 3.05) is 13.1 Å². The van der Waals surface area contributed by atoms with E-state index in [2.05, 4.69) is 58.3 Å². The first-order chi connectivity index (χ1) is 18.7. The van der Waals surface area contributed by atoms with Gasteiger partial charge in [0.1, 0.15) is 5.66 Å². The van der Waals surface area contributed by atoms with E-state index in [1.54, 1.807) is 12.1 Å². The summed E-state index contributed by atoms with van der Waals surface area (Å²) in [6.07, 6.45) is 10.4. The van der Waals surface area contributed by atoms with E-state index in [-0.39, 0.29) is 28.3 Å². The molecule has 6 nitrogen and oxygen atoms in total. The molecule has 3 aliphatic rings. The lowest BCUT2D eigenvalue weighted by Gasteiger charge is -2.47. The Morgan fingerprint density at radius 1 is 1.02 bits per heavy atom. The zero-order valence-electron chi connectivity index (χ0n) is 26.1. The van der Waals surface area contributed by atoms with Crippen molar-refractivity contribution in [1.82, 2.24) is 9.80 Å². The van der Waals surface area contributed by atoms with Gasteiger partial charge in [-0.05, 0) is 91.7 Å². The number of carboxylic acid groups (broad SMARTS) is 1. The standard InChI is InChI=1S/C34H53N3O3/c1-8-9-24-17-22-36(23-18-24)29-30(38)37(34(35-29)20-14-27(15-21-34)33(5,6)7)28(16-19-32(2,3)4)25-10-12-26(13-11-25)31(39)40/h10-13,24,27-28H,8-9,14-23H2,1-7H3,(H,39,40)/t27?,28-,34?/m1/s1. The van der Waals surface area contributed by atoms with Crippen molar-refractivity contribution >= 4 is 17.7 Å². The molecule has 1 N–H and O–H groups in total. The number of amides is 1. The molecule has 0 unspecified atom stereocenters. The van der Waals surface area contributed by atoms with Gasteiger partial charge in [-0.15, -0.1) is 0 Å². The minimum atomic E-state index is -0.927. The number of carbonyl (C=O) groups is 2. The molecule has 40 heavy (non-hydrogen) atoms. The Morgan fingerprint density at radius 2 is 1.62 bits per heavy atom. The molecule has 2 aliphatic heterocycles. The number of benzene rings is 1. The van der Waals surface area contributed by atoms with Gasteiger partial charge in [-0.1, -0.05) is 73.4 Å². The van der Waals surface area contributed by atoms with Gasteiger partial charge in [0, 0.05) is 13.1 Å². The number of amidine groups is 1. The Balaban J connectivity index is 1.71. The molecule has 6 heteroatoms. The number of nitrogens with zero attached hydrogens (tertiary/aromatic N) is 3. The van der Waals surface area contributed by atoms with Crippen LogP contribution in [0.25, 0.3) is 0 Å². The third-order valence-electron chi connectivity index (χ3n) is 9.82. The molecule has 0 radical (unpaired) electrons. The predicted octanol–water partition coefficient (Wildman–Crippen LogP) is 7.94. The Bertz CT molecular complexity index is 1060. The average Bonchev–Trinajstić information content (AvgIpc) is 3.15. The van der Waals surface area contributed by atoms with Crippen LogP contribution in [0.1, 0.15) is 135 Å². The van der Waals surface area contributed by atoms with Gasteiger partial charge in [0.25, 0.3) is 5.91 Å². The van der Waals surface area contributed by atoms with Crippen LogP contribution in [0, 0.1) is 22.7 Å². The van der Waals surface area contributed by atoms with Crippen LogP contribution in [0.3, 0.4) is 0 Å². The molecular formula is C34H53N3O3. The fourth-order valence-electron chi connectivity index (χ4n) is 7.24. The second kappa shape index (κ2) is 11.9. The van der Waals surface area contributed by atoms with Gasteiger partial charge < -0.3 is 14.9 Å². The molecule has 1 atom stereocenters. The maximum absolute atomic E-state index is 14.5. The van der Waals surface area contributed by atoms with E-state index in [0.717, 1.165) is 75.9 Å². The number of aromatic carboxylic acids is 1. The molecule has 1 saturated carbocycles. The summed E-state index contributed by atoms with van der Waals surface area (Å²) >= 11 is 0. The Labute approximate surface area is 242 Å². The molecule has 1 aromatic rings. The fourth-order valence-corrected chi connectivity index (χ4v) is 7.24. The number of rotatable bonds is 7. The monoisotopic (exact) mass is 551 g/mol. The highest BCUT2D eigenvalue weighted by molar-refractivity contribution is 6.39. The first-order valence-corrected chi connectivity index (χ1v) is 15.8. The summed E-state index contributed by atoms with van der Waals surface area (Å²) in [7, 11) is 0. The van der Waals surface area contributed by atoms with Crippen LogP contribution in [0.2, 0.25) is 0 Å². The SMILES string of the molecule is CCCC1CCN(C2=NC3(CCC(C(C)(C)C)CC3)N([C@H](CCC(C)(C)C)c3ccc(C(=O)O)cc3)C2=O)CC1. The molecule has 1 aromatic carbocycles. The van der Waals surface area contributed by atoms with Crippen LogP contribution in [-0.4, -0.2) is 51.4 Å². The summed E-state index contributed by atoms with van der Waals surface area (Å²) in [6, 6.07) is 7.08. The van der Waals surface area contributed by atoms with Crippen LogP contribution in [0.5, 0.6) is 0 Å². The largest absolute Gasteiger partial charge is 0.478 e. The minimum Gasteiger partial charge on any atom is -0.478 e. The number of hydrogen-bond donors (Lipinski definition) is 1. The molecule has 1 saturated heterocycles. The van der Waals surface area contributed by atoms with Gasteiger partial charge >= 0.3 is 5.97 Å². The third-order valence-corrected chi connectivity index (χ3v) is 9.82. The lowest BCUT2D eigenvalue weighted by molar-refractivity contribution is -0.134. The van der Waals surface area contributed by atoms with Crippen molar-refractivity contribution in [2.24, 2.45) is 27.7 Å². The van der Waals surface area contributed by atoms with Crippen molar-refractivity contribution in [1.29, 1.82) is 0 Å². The van der Waals surface area contributed by atoms with E-state index >= 15 is 0 Å². The quantitative estimate of drug-likeness (QED) is 0.373. The van der Waals surface area contributed by atoms with Crippen LogP contribution in [-0.2, 0) is 4.79 Å². The maximum Gasteiger partial charge on any atom is 0.335 e. The number of piperidine rings is 1. The summed E-state index contributed by atoms with van der Waals surface area (Å²) in [4.78, 5) is 36.0. The van der Waals surface area contributed by atoms with E-state index in [0.29, 0.717) is 11.8 Å². The third kappa shape index (κ3) is 6.74. The molecular weight excluding hydrogens is 498 g/mol. The summed E-state index contributed by atoms with van der Waals surface area (Å²) in [5.41, 5.74) is 1.12. The van der Waals surface area contributed by atoms with Crippen molar-refractivity contribution in [2.45, 2.75) is 124 Å². The van der Waals surface area contributed by atoms with E-state index in [9.17, 15) is 14.7 Å². The summed E-state index contributed by atoms with van der Waals surface area (Å²) < 4.78 is 0. The Kier molecular flexibility index (Phi) is 9.06. The van der Waals surface area contributed by atoms with E-state index in [1.807, 2.05) is 12.1 Å².